The Labute approximate surface area is 144 Å². The van der Waals surface area contributed by atoms with Crippen LogP contribution >= 0.6 is 11.3 Å². The molecule has 0 atom stereocenters. The molecule has 4 nitrogen and oxygen atoms in total. The molecule has 0 aliphatic rings. The van der Waals surface area contributed by atoms with Gasteiger partial charge in [0.1, 0.15) is 29.9 Å². The number of nitrogens with zero attached hydrogens (tertiary/aromatic N) is 3. The average molecular weight is 343 g/mol. The Kier molecular flexibility index (Phi) is 5.05. The monoisotopic (exact) mass is 343 g/mol. The van der Waals surface area contributed by atoms with Gasteiger partial charge in [-0.15, -0.1) is 11.3 Å². The van der Waals surface area contributed by atoms with Crippen molar-refractivity contribution in [2.75, 3.05) is 32.3 Å². The SMILES string of the molecule is CN(C)c1ccc(/C=C/c2nc3ccc(OCCF)cc3s2)cn1. The molecule has 0 aliphatic carbocycles. The summed E-state index contributed by atoms with van der Waals surface area (Å²) in [6.45, 7) is -0.414. The Bertz CT molecular complexity index is 843. The van der Waals surface area contributed by atoms with Gasteiger partial charge >= 0.3 is 0 Å². The maximum Gasteiger partial charge on any atom is 0.127 e. The van der Waals surface area contributed by atoms with Gasteiger partial charge in [-0.25, -0.2) is 14.4 Å². The molecule has 6 heteroatoms. The van der Waals surface area contributed by atoms with Crippen molar-refractivity contribution in [2.24, 2.45) is 0 Å². The van der Waals surface area contributed by atoms with E-state index in [1.807, 2.05) is 67.7 Å². The molecule has 2 heterocycles. The summed E-state index contributed by atoms with van der Waals surface area (Å²) in [7, 11) is 3.93. The first-order chi connectivity index (χ1) is 11.7. The van der Waals surface area contributed by atoms with Gasteiger partial charge in [0, 0.05) is 20.3 Å². The molecule has 1 aromatic carbocycles. The van der Waals surface area contributed by atoms with Crippen molar-refractivity contribution in [3.63, 3.8) is 0 Å². The lowest BCUT2D eigenvalue weighted by Crippen LogP contribution is -2.09. The van der Waals surface area contributed by atoms with Gasteiger partial charge in [-0.3, -0.25) is 0 Å². The second-order valence-corrected chi connectivity index (χ2v) is 6.46. The predicted octanol–water partition coefficient (Wildman–Crippen LogP) is 4.28. The summed E-state index contributed by atoms with van der Waals surface area (Å²) in [4.78, 5) is 10.9. The maximum atomic E-state index is 12.2. The highest BCUT2D eigenvalue weighted by molar-refractivity contribution is 7.19. The van der Waals surface area contributed by atoms with Crippen LogP contribution in [-0.2, 0) is 0 Å². The minimum Gasteiger partial charge on any atom is -0.491 e. The fraction of sp³-hybridized carbons (Fsp3) is 0.222. The number of aromatic nitrogens is 2. The number of thiazole rings is 1. The normalized spacial score (nSPS) is 11.3. The standard InChI is InChI=1S/C18H18FN3OS/c1-22(2)17-7-3-13(12-20-17)4-8-18-21-15-6-5-14(23-10-9-19)11-16(15)24-18/h3-8,11-12H,9-10H2,1-2H3/b8-4+. The second-order valence-electron chi connectivity index (χ2n) is 5.40. The van der Waals surface area contributed by atoms with Crippen molar-refractivity contribution in [1.29, 1.82) is 0 Å². The van der Waals surface area contributed by atoms with Crippen LogP contribution in [0.25, 0.3) is 22.4 Å². The zero-order valence-corrected chi connectivity index (χ0v) is 14.4. The molecule has 0 spiro atoms. The summed E-state index contributed by atoms with van der Waals surface area (Å²) in [6.07, 6.45) is 5.80. The summed E-state index contributed by atoms with van der Waals surface area (Å²) in [6, 6.07) is 9.61. The van der Waals surface area contributed by atoms with E-state index < -0.39 is 6.67 Å². The van der Waals surface area contributed by atoms with Crippen molar-refractivity contribution in [2.45, 2.75) is 0 Å². The smallest absolute Gasteiger partial charge is 0.127 e. The van der Waals surface area contributed by atoms with Crippen LogP contribution in [0.4, 0.5) is 10.2 Å². The maximum absolute atomic E-state index is 12.2. The van der Waals surface area contributed by atoms with E-state index in [0.717, 1.165) is 26.6 Å². The van der Waals surface area contributed by atoms with E-state index in [-0.39, 0.29) is 6.61 Å². The first kappa shape index (κ1) is 16.4. The van der Waals surface area contributed by atoms with Gasteiger partial charge in [0.05, 0.1) is 10.2 Å². The summed E-state index contributed by atoms with van der Waals surface area (Å²) in [5.41, 5.74) is 1.93. The van der Waals surface area contributed by atoms with Crippen LogP contribution in [0.5, 0.6) is 5.75 Å². The molecule has 0 unspecified atom stereocenters. The third kappa shape index (κ3) is 3.89. The van der Waals surface area contributed by atoms with Crippen LogP contribution in [0.15, 0.2) is 36.5 Å². The van der Waals surface area contributed by atoms with E-state index in [1.165, 1.54) is 0 Å². The highest BCUT2D eigenvalue weighted by Crippen LogP contribution is 2.27. The molecule has 3 rings (SSSR count). The zero-order chi connectivity index (χ0) is 16.9. The number of anilines is 1. The lowest BCUT2D eigenvalue weighted by molar-refractivity contribution is 0.273. The Morgan fingerprint density at radius 2 is 2.08 bits per heavy atom. The van der Waals surface area contributed by atoms with E-state index in [0.29, 0.717) is 5.75 Å². The molecule has 124 valence electrons. The highest BCUT2D eigenvalue weighted by Gasteiger charge is 2.04. The largest absolute Gasteiger partial charge is 0.491 e. The lowest BCUT2D eigenvalue weighted by Gasteiger charge is -2.10. The van der Waals surface area contributed by atoms with Gasteiger partial charge in [0.25, 0.3) is 0 Å². The minimum atomic E-state index is -0.491. The predicted molar refractivity (Wildman–Crippen MR) is 98.6 cm³/mol. The molecular formula is C18H18FN3OS. The molecule has 0 saturated heterocycles. The fourth-order valence-electron chi connectivity index (χ4n) is 2.17. The van der Waals surface area contributed by atoms with Crippen LogP contribution in [-0.4, -0.2) is 37.3 Å². The number of benzene rings is 1. The number of halogens is 1. The topological polar surface area (TPSA) is 38.2 Å². The number of pyridine rings is 1. The van der Waals surface area contributed by atoms with Gasteiger partial charge < -0.3 is 9.64 Å². The molecule has 0 amide bonds. The third-order valence-corrected chi connectivity index (χ3v) is 4.35. The van der Waals surface area contributed by atoms with Gasteiger partial charge in [0.2, 0.25) is 0 Å². The molecule has 3 aromatic rings. The van der Waals surface area contributed by atoms with Crippen molar-refractivity contribution in [3.05, 3.63) is 47.1 Å². The number of alkyl halides is 1. The zero-order valence-electron chi connectivity index (χ0n) is 13.6. The molecule has 0 radical (unpaired) electrons. The van der Waals surface area contributed by atoms with Gasteiger partial charge in [-0.2, -0.15) is 0 Å². The van der Waals surface area contributed by atoms with Crippen molar-refractivity contribution < 1.29 is 9.13 Å². The lowest BCUT2D eigenvalue weighted by atomic mass is 10.2. The van der Waals surface area contributed by atoms with Crippen LogP contribution in [0.3, 0.4) is 0 Å². The van der Waals surface area contributed by atoms with E-state index >= 15 is 0 Å². The van der Waals surface area contributed by atoms with Crippen LogP contribution in [0.2, 0.25) is 0 Å². The van der Waals surface area contributed by atoms with Crippen LogP contribution < -0.4 is 9.64 Å². The van der Waals surface area contributed by atoms with Gasteiger partial charge in [-0.1, -0.05) is 6.08 Å². The van der Waals surface area contributed by atoms with E-state index in [4.69, 9.17) is 4.74 Å². The number of fused-ring (bicyclic) bond motifs is 1. The average Bonchev–Trinajstić information content (AvgIpc) is 3.00. The number of rotatable bonds is 6. The van der Waals surface area contributed by atoms with Crippen LogP contribution in [0.1, 0.15) is 10.6 Å². The minimum absolute atomic E-state index is 0.0764. The highest BCUT2D eigenvalue weighted by atomic mass is 32.1. The second kappa shape index (κ2) is 7.40. The van der Waals surface area contributed by atoms with Crippen molar-refractivity contribution in [3.8, 4) is 5.75 Å². The Morgan fingerprint density at radius 1 is 1.21 bits per heavy atom. The number of ether oxygens (including phenoxy) is 1. The summed E-state index contributed by atoms with van der Waals surface area (Å²) in [5, 5.41) is 0.907. The Hall–Kier alpha value is -2.47. The number of hydrogen-bond donors (Lipinski definition) is 0. The quantitative estimate of drug-likeness (QED) is 0.670. The molecular weight excluding hydrogens is 325 g/mol. The molecule has 0 N–H and O–H groups in total. The van der Waals surface area contributed by atoms with Crippen molar-refractivity contribution >= 4 is 39.5 Å². The molecule has 24 heavy (non-hydrogen) atoms. The van der Waals surface area contributed by atoms with Crippen molar-refractivity contribution in [1.82, 2.24) is 9.97 Å². The van der Waals surface area contributed by atoms with E-state index in [1.54, 1.807) is 11.3 Å². The van der Waals surface area contributed by atoms with E-state index in [9.17, 15) is 4.39 Å². The number of hydrogen-bond acceptors (Lipinski definition) is 5. The Morgan fingerprint density at radius 3 is 2.79 bits per heavy atom. The molecule has 0 bridgehead atoms. The molecule has 0 fully saturated rings. The summed E-state index contributed by atoms with van der Waals surface area (Å²) in [5.74, 6) is 1.59. The van der Waals surface area contributed by atoms with Gasteiger partial charge in [-0.05, 0) is 42.0 Å². The first-order valence-corrected chi connectivity index (χ1v) is 8.38. The first-order valence-electron chi connectivity index (χ1n) is 7.56. The summed E-state index contributed by atoms with van der Waals surface area (Å²) >= 11 is 1.57. The molecule has 0 saturated carbocycles. The Balaban J connectivity index is 1.76. The van der Waals surface area contributed by atoms with Gasteiger partial charge in [0.15, 0.2) is 0 Å². The van der Waals surface area contributed by atoms with Crippen LogP contribution in [0, 0.1) is 0 Å². The summed E-state index contributed by atoms with van der Waals surface area (Å²) < 4.78 is 18.5. The molecule has 0 aliphatic heterocycles. The third-order valence-electron chi connectivity index (χ3n) is 3.37. The molecule has 2 aromatic heterocycles. The fourth-order valence-corrected chi connectivity index (χ4v) is 3.07. The van der Waals surface area contributed by atoms with E-state index in [2.05, 4.69) is 9.97 Å².